The number of ether oxygens (including phenoxy) is 1. The van der Waals surface area contributed by atoms with Crippen LogP contribution in [-0.4, -0.2) is 10.8 Å². The Kier molecular flexibility index (Phi) is 7.45. The molecule has 0 bridgehead atoms. The minimum absolute atomic E-state index is 0.0124. The Morgan fingerprint density at radius 1 is 1.09 bits per heavy atom. The topological polar surface area (TPSA) is 105 Å². The van der Waals surface area contributed by atoms with Crippen LogP contribution in [0.15, 0.2) is 72.3 Å². The summed E-state index contributed by atoms with van der Waals surface area (Å²) in [5.41, 5.74) is 1.35. The molecule has 1 amide bonds. The Labute approximate surface area is 193 Å². The van der Waals surface area contributed by atoms with E-state index in [0.717, 1.165) is 5.56 Å². The predicted molar refractivity (Wildman–Crippen MR) is 123 cm³/mol. The fourth-order valence-corrected chi connectivity index (χ4v) is 3.05. The number of nitro benzene ring substituents is 1. The van der Waals surface area contributed by atoms with Crippen molar-refractivity contribution in [3.05, 3.63) is 104 Å². The van der Waals surface area contributed by atoms with Crippen molar-refractivity contribution in [3.8, 4) is 11.8 Å². The van der Waals surface area contributed by atoms with Gasteiger partial charge in [-0.25, -0.2) is 0 Å². The van der Waals surface area contributed by atoms with Gasteiger partial charge in [0, 0.05) is 17.7 Å². The lowest BCUT2D eigenvalue weighted by atomic mass is 10.1. The number of nitrogens with zero attached hydrogens (tertiary/aromatic N) is 2. The second kappa shape index (κ2) is 10.4. The Morgan fingerprint density at radius 3 is 2.50 bits per heavy atom. The van der Waals surface area contributed by atoms with Crippen LogP contribution in [0.2, 0.25) is 10.0 Å². The van der Waals surface area contributed by atoms with Crippen LogP contribution < -0.4 is 10.1 Å². The van der Waals surface area contributed by atoms with Gasteiger partial charge < -0.3 is 10.1 Å². The highest BCUT2D eigenvalue weighted by molar-refractivity contribution is 6.44. The molecular weight excluding hydrogens is 453 g/mol. The molecule has 0 spiro atoms. The molecule has 9 heteroatoms. The Balaban J connectivity index is 1.78. The third-order valence-corrected chi connectivity index (χ3v) is 5.14. The van der Waals surface area contributed by atoms with Gasteiger partial charge in [0.2, 0.25) is 0 Å². The van der Waals surface area contributed by atoms with E-state index < -0.39 is 10.8 Å². The van der Waals surface area contributed by atoms with Crippen molar-refractivity contribution >= 4 is 46.6 Å². The molecule has 0 aliphatic rings. The molecule has 3 rings (SSSR count). The number of nitriles is 1. The van der Waals surface area contributed by atoms with Gasteiger partial charge in [0.25, 0.3) is 11.6 Å². The van der Waals surface area contributed by atoms with Crippen LogP contribution in [0.25, 0.3) is 6.08 Å². The molecule has 0 aliphatic carbocycles. The number of benzene rings is 3. The second-order valence-corrected chi connectivity index (χ2v) is 7.26. The standard InChI is InChI=1S/C23H15Cl2N3O4/c24-19-5-3-6-20(22(19)25)27-23(29)17(13-26)12-16-4-1-2-7-21(16)32-14-15-8-10-18(11-9-15)28(30)31/h1-12H,14H2,(H,27,29)/b17-12-. The Bertz CT molecular complexity index is 1230. The van der Waals surface area contributed by atoms with Gasteiger partial charge in [-0.15, -0.1) is 0 Å². The number of nitrogens with one attached hydrogen (secondary N) is 1. The first-order valence-electron chi connectivity index (χ1n) is 9.21. The number of carbonyl (C=O) groups is 1. The van der Waals surface area contributed by atoms with Gasteiger partial charge in [-0.1, -0.05) is 47.5 Å². The van der Waals surface area contributed by atoms with Crippen LogP contribution in [0.5, 0.6) is 5.75 Å². The number of hydrogen-bond acceptors (Lipinski definition) is 5. The van der Waals surface area contributed by atoms with Gasteiger partial charge in [-0.05, 0) is 42.0 Å². The van der Waals surface area contributed by atoms with E-state index >= 15 is 0 Å². The van der Waals surface area contributed by atoms with Crippen LogP contribution in [0.3, 0.4) is 0 Å². The zero-order chi connectivity index (χ0) is 23.1. The van der Waals surface area contributed by atoms with Gasteiger partial charge >= 0.3 is 0 Å². The number of carbonyl (C=O) groups excluding carboxylic acids is 1. The molecule has 0 saturated heterocycles. The van der Waals surface area contributed by atoms with E-state index in [4.69, 9.17) is 27.9 Å². The average Bonchev–Trinajstić information content (AvgIpc) is 2.80. The number of rotatable bonds is 7. The summed E-state index contributed by atoms with van der Waals surface area (Å²) in [6.07, 6.45) is 1.40. The Hall–Kier alpha value is -3.86. The molecule has 3 aromatic rings. The number of nitro groups is 1. The highest BCUT2D eigenvalue weighted by Gasteiger charge is 2.14. The van der Waals surface area contributed by atoms with Crippen molar-refractivity contribution in [2.24, 2.45) is 0 Å². The van der Waals surface area contributed by atoms with Crippen LogP contribution in [0.4, 0.5) is 11.4 Å². The van der Waals surface area contributed by atoms with Crippen molar-refractivity contribution in [1.29, 1.82) is 5.26 Å². The molecule has 0 fully saturated rings. The summed E-state index contributed by atoms with van der Waals surface area (Å²) in [6, 6.07) is 19.5. The van der Waals surface area contributed by atoms with E-state index in [-0.39, 0.29) is 33.6 Å². The summed E-state index contributed by atoms with van der Waals surface area (Å²) in [6.45, 7) is 0.148. The van der Waals surface area contributed by atoms with Gasteiger partial charge in [-0.2, -0.15) is 5.26 Å². The summed E-state index contributed by atoms with van der Waals surface area (Å²) in [4.78, 5) is 22.9. The summed E-state index contributed by atoms with van der Waals surface area (Å²) in [7, 11) is 0. The van der Waals surface area contributed by atoms with Crippen LogP contribution in [0, 0.1) is 21.4 Å². The highest BCUT2D eigenvalue weighted by Crippen LogP contribution is 2.30. The van der Waals surface area contributed by atoms with Crippen molar-refractivity contribution in [2.75, 3.05) is 5.32 Å². The summed E-state index contributed by atoms with van der Waals surface area (Å²) in [5.74, 6) is -0.214. The number of para-hydroxylation sites is 1. The normalized spacial score (nSPS) is 10.8. The third kappa shape index (κ3) is 5.64. The lowest BCUT2D eigenvalue weighted by molar-refractivity contribution is -0.384. The fraction of sp³-hybridized carbons (Fsp3) is 0.0435. The van der Waals surface area contributed by atoms with Crippen molar-refractivity contribution < 1.29 is 14.5 Å². The lowest BCUT2D eigenvalue weighted by Crippen LogP contribution is -2.13. The zero-order valence-corrected chi connectivity index (χ0v) is 17.9. The molecule has 3 aromatic carbocycles. The van der Waals surface area contributed by atoms with Crippen molar-refractivity contribution in [1.82, 2.24) is 0 Å². The van der Waals surface area contributed by atoms with Crippen LogP contribution >= 0.6 is 23.2 Å². The largest absolute Gasteiger partial charge is 0.488 e. The molecule has 0 radical (unpaired) electrons. The molecule has 0 saturated carbocycles. The summed E-state index contributed by atoms with van der Waals surface area (Å²) >= 11 is 12.0. The molecule has 7 nitrogen and oxygen atoms in total. The van der Waals surface area contributed by atoms with E-state index in [2.05, 4.69) is 5.32 Å². The molecule has 0 aromatic heterocycles. The fourth-order valence-electron chi connectivity index (χ4n) is 2.70. The van der Waals surface area contributed by atoms with Crippen LogP contribution in [0.1, 0.15) is 11.1 Å². The van der Waals surface area contributed by atoms with E-state index in [1.807, 2.05) is 6.07 Å². The lowest BCUT2D eigenvalue weighted by Gasteiger charge is -2.10. The van der Waals surface area contributed by atoms with Crippen molar-refractivity contribution in [2.45, 2.75) is 6.61 Å². The van der Waals surface area contributed by atoms with Crippen molar-refractivity contribution in [3.63, 3.8) is 0 Å². The molecule has 0 aliphatic heterocycles. The maximum atomic E-state index is 12.6. The minimum Gasteiger partial charge on any atom is -0.488 e. The first-order valence-corrected chi connectivity index (χ1v) is 9.97. The SMILES string of the molecule is N#C/C(=C/c1ccccc1OCc1ccc([N+](=O)[O-])cc1)C(=O)Nc1cccc(Cl)c1Cl. The first kappa shape index (κ1) is 22.8. The summed E-state index contributed by atoms with van der Waals surface area (Å²) in [5, 5.41) is 23.3. The summed E-state index contributed by atoms with van der Waals surface area (Å²) < 4.78 is 5.81. The maximum Gasteiger partial charge on any atom is 0.269 e. The molecule has 0 atom stereocenters. The molecule has 0 heterocycles. The molecule has 32 heavy (non-hydrogen) atoms. The van der Waals surface area contributed by atoms with E-state index in [0.29, 0.717) is 11.3 Å². The number of non-ortho nitro benzene ring substituents is 1. The monoisotopic (exact) mass is 467 g/mol. The minimum atomic E-state index is -0.651. The predicted octanol–water partition coefficient (Wildman–Crippen LogP) is 6.03. The number of anilines is 1. The third-order valence-electron chi connectivity index (χ3n) is 4.33. The second-order valence-electron chi connectivity index (χ2n) is 6.48. The average molecular weight is 468 g/mol. The maximum absolute atomic E-state index is 12.6. The zero-order valence-electron chi connectivity index (χ0n) is 16.4. The number of hydrogen-bond donors (Lipinski definition) is 1. The molecule has 160 valence electrons. The Morgan fingerprint density at radius 2 is 1.81 bits per heavy atom. The highest BCUT2D eigenvalue weighted by atomic mass is 35.5. The van der Waals surface area contributed by atoms with Crippen LogP contribution in [-0.2, 0) is 11.4 Å². The van der Waals surface area contributed by atoms with Gasteiger partial charge in [0.05, 0.1) is 20.7 Å². The van der Waals surface area contributed by atoms with Gasteiger partial charge in [0.15, 0.2) is 0 Å². The van der Waals surface area contributed by atoms with E-state index in [1.165, 1.54) is 18.2 Å². The molecule has 0 unspecified atom stereocenters. The van der Waals surface area contributed by atoms with Gasteiger partial charge in [-0.3, -0.25) is 14.9 Å². The number of halogens is 2. The quantitative estimate of drug-likeness (QED) is 0.197. The smallest absolute Gasteiger partial charge is 0.269 e. The van der Waals surface area contributed by atoms with Gasteiger partial charge in [0.1, 0.15) is 24.0 Å². The molecule has 1 N–H and O–H groups in total. The van der Waals surface area contributed by atoms with E-state index in [9.17, 15) is 20.2 Å². The van der Waals surface area contributed by atoms with E-state index in [1.54, 1.807) is 54.6 Å². The molecular formula is C23H15Cl2N3O4. The number of amides is 1. The first-order chi connectivity index (χ1) is 15.4.